The summed E-state index contributed by atoms with van der Waals surface area (Å²) in [4.78, 5) is 0. The third-order valence-corrected chi connectivity index (χ3v) is 7.79. The molecule has 0 aliphatic carbocycles. The predicted octanol–water partition coefficient (Wildman–Crippen LogP) is 8.00. The minimum Gasteiger partial charge on any atom is -0.389 e. The molecule has 0 bridgehead atoms. The van der Waals surface area contributed by atoms with E-state index in [0.29, 0.717) is 0 Å². The highest BCUT2D eigenvalue weighted by atomic mass is 16.3. The van der Waals surface area contributed by atoms with Gasteiger partial charge in [0.2, 0.25) is 0 Å². The van der Waals surface area contributed by atoms with E-state index >= 15 is 0 Å². The molecule has 0 aromatic heterocycles. The Labute approximate surface area is 196 Å². The van der Waals surface area contributed by atoms with Crippen LogP contribution in [0.25, 0.3) is 0 Å². The first kappa shape index (κ1) is 25.0. The normalized spacial score (nSPS) is 28.0. The van der Waals surface area contributed by atoms with Gasteiger partial charge in [0, 0.05) is 23.9 Å². The largest absolute Gasteiger partial charge is 0.389 e. The molecule has 1 aliphatic rings. The van der Waals surface area contributed by atoms with Crippen molar-refractivity contribution in [1.29, 1.82) is 0 Å². The fourth-order valence-corrected chi connectivity index (χ4v) is 5.91. The maximum atomic E-state index is 12.4. The third kappa shape index (κ3) is 6.02. The van der Waals surface area contributed by atoms with Gasteiger partial charge in [0.05, 0.1) is 5.60 Å². The molecular formula is C30H45NO. The first-order chi connectivity index (χ1) is 15.6. The van der Waals surface area contributed by atoms with Crippen LogP contribution >= 0.6 is 0 Å². The zero-order chi connectivity index (χ0) is 22.8. The molecule has 0 spiro atoms. The average Bonchev–Trinajstić information content (AvgIpc) is 2.83. The second-order valence-corrected chi connectivity index (χ2v) is 9.99. The molecule has 2 nitrogen and oxygen atoms in total. The molecule has 5 atom stereocenters. The number of hydrogen-bond donors (Lipinski definition) is 2. The van der Waals surface area contributed by atoms with Gasteiger partial charge in [-0.3, -0.25) is 0 Å². The average molecular weight is 436 g/mol. The van der Waals surface area contributed by atoms with Crippen molar-refractivity contribution in [3.05, 3.63) is 71.8 Å². The molecule has 0 saturated carbocycles. The fourth-order valence-electron chi connectivity index (χ4n) is 5.91. The van der Waals surface area contributed by atoms with Crippen LogP contribution in [0.2, 0.25) is 0 Å². The van der Waals surface area contributed by atoms with Crippen LogP contribution in [0.15, 0.2) is 60.7 Å². The lowest BCUT2D eigenvalue weighted by Crippen LogP contribution is -2.58. The lowest BCUT2D eigenvalue weighted by atomic mass is 9.62. The van der Waals surface area contributed by atoms with E-state index in [1.54, 1.807) is 0 Å². The van der Waals surface area contributed by atoms with Gasteiger partial charge < -0.3 is 10.4 Å². The monoisotopic (exact) mass is 435 g/mol. The minimum atomic E-state index is -0.661. The summed E-state index contributed by atoms with van der Waals surface area (Å²) >= 11 is 0. The summed E-state index contributed by atoms with van der Waals surface area (Å²) in [5, 5.41) is 16.4. The summed E-state index contributed by atoms with van der Waals surface area (Å²) < 4.78 is 0. The molecule has 5 unspecified atom stereocenters. The second kappa shape index (κ2) is 12.6. The molecule has 1 heterocycles. The van der Waals surface area contributed by atoms with Gasteiger partial charge in [-0.05, 0) is 24.0 Å². The zero-order valence-corrected chi connectivity index (χ0v) is 20.6. The quantitative estimate of drug-likeness (QED) is 0.331. The van der Waals surface area contributed by atoms with Crippen LogP contribution in [-0.4, -0.2) is 10.7 Å². The van der Waals surface area contributed by atoms with Crippen LogP contribution in [0, 0.1) is 11.8 Å². The molecule has 1 aliphatic heterocycles. The Bertz CT molecular complexity index is 761. The standard InChI is InChI=1S/C30H45NO/c1-4-6-7-8-9-10-17-23-30(32)24(3)28(25-19-13-11-14-20-25)31-29(27(30)18-5-2)26-21-15-12-16-22-26/h11-16,19-22,24,27-29,31-32H,4-10,17-18,23H2,1-3H3. The van der Waals surface area contributed by atoms with E-state index in [9.17, 15) is 5.11 Å². The Morgan fingerprint density at radius 3 is 1.81 bits per heavy atom. The number of rotatable bonds is 12. The van der Waals surface area contributed by atoms with Crippen molar-refractivity contribution in [3.8, 4) is 0 Å². The summed E-state index contributed by atoms with van der Waals surface area (Å²) in [7, 11) is 0. The van der Waals surface area contributed by atoms with E-state index in [-0.39, 0.29) is 23.9 Å². The molecule has 2 aromatic rings. The Balaban J connectivity index is 1.84. The number of hydrogen-bond acceptors (Lipinski definition) is 2. The van der Waals surface area contributed by atoms with Crippen LogP contribution < -0.4 is 5.32 Å². The molecular weight excluding hydrogens is 390 g/mol. The maximum absolute atomic E-state index is 12.4. The topological polar surface area (TPSA) is 32.3 Å². The van der Waals surface area contributed by atoms with Crippen molar-refractivity contribution in [3.63, 3.8) is 0 Å². The van der Waals surface area contributed by atoms with Gasteiger partial charge in [0.25, 0.3) is 0 Å². The van der Waals surface area contributed by atoms with Crippen LogP contribution in [0.1, 0.15) is 108 Å². The van der Waals surface area contributed by atoms with Crippen molar-refractivity contribution >= 4 is 0 Å². The van der Waals surface area contributed by atoms with E-state index in [0.717, 1.165) is 25.7 Å². The molecule has 2 aromatic carbocycles. The van der Waals surface area contributed by atoms with Gasteiger partial charge in [-0.15, -0.1) is 0 Å². The van der Waals surface area contributed by atoms with E-state index in [1.165, 1.54) is 49.7 Å². The van der Waals surface area contributed by atoms with Crippen LogP contribution in [0.4, 0.5) is 0 Å². The molecule has 0 amide bonds. The van der Waals surface area contributed by atoms with Crippen LogP contribution in [-0.2, 0) is 0 Å². The molecule has 1 saturated heterocycles. The van der Waals surface area contributed by atoms with E-state index in [2.05, 4.69) is 86.8 Å². The highest BCUT2D eigenvalue weighted by molar-refractivity contribution is 5.28. The lowest BCUT2D eigenvalue weighted by Gasteiger charge is -2.53. The summed E-state index contributed by atoms with van der Waals surface area (Å²) in [5.41, 5.74) is 1.93. The number of aliphatic hydroxyl groups is 1. The maximum Gasteiger partial charge on any atom is 0.0737 e. The first-order valence-electron chi connectivity index (χ1n) is 13.2. The Morgan fingerprint density at radius 2 is 1.25 bits per heavy atom. The summed E-state index contributed by atoms with van der Waals surface area (Å²) in [5.74, 6) is 0.395. The van der Waals surface area contributed by atoms with E-state index in [1.807, 2.05) is 0 Å². The van der Waals surface area contributed by atoms with Crippen molar-refractivity contribution in [2.75, 3.05) is 0 Å². The van der Waals surface area contributed by atoms with Crippen molar-refractivity contribution < 1.29 is 5.11 Å². The Hall–Kier alpha value is -1.64. The second-order valence-electron chi connectivity index (χ2n) is 9.99. The van der Waals surface area contributed by atoms with Crippen molar-refractivity contribution in [1.82, 2.24) is 5.32 Å². The van der Waals surface area contributed by atoms with Gasteiger partial charge in [0.15, 0.2) is 0 Å². The Kier molecular flexibility index (Phi) is 9.81. The molecule has 1 fully saturated rings. The molecule has 2 N–H and O–H groups in total. The third-order valence-electron chi connectivity index (χ3n) is 7.79. The molecule has 3 rings (SSSR count). The summed E-state index contributed by atoms with van der Waals surface area (Å²) in [6.45, 7) is 6.80. The van der Waals surface area contributed by atoms with Crippen LogP contribution in [0.3, 0.4) is 0 Å². The van der Waals surface area contributed by atoms with Crippen molar-refractivity contribution in [2.45, 2.75) is 103 Å². The number of benzene rings is 2. The number of nitrogens with one attached hydrogen (secondary N) is 1. The molecule has 2 heteroatoms. The van der Waals surface area contributed by atoms with Crippen LogP contribution in [0.5, 0.6) is 0 Å². The van der Waals surface area contributed by atoms with E-state index in [4.69, 9.17) is 0 Å². The molecule has 32 heavy (non-hydrogen) atoms. The lowest BCUT2D eigenvalue weighted by molar-refractivity contribution is -0.126. The van der Waals surface area contributed by atoms with E-state index < -0.39 is 5.60 Å². The minimum absolute atomic E-state index is 0.157. The van der Waals surface area contributed by atoms with Gasteiger partial charge in [-0.25, -0.2) is 0 Å². The highest BCUT2D eigenvalue weighted by Gasteiger charge is 2.52. The fraction of sp³-hybridized carbons (Fsp3) is 0.600. The van der Waals surface area contributed by atoms with Gasteiger partial charge in [0.1, 0.15) is 0 Å². The summed E-state index contributed by atoms with van der Waals surface area (Å²) in [6.07, 6.45) is 12.0. The summed E-state index contributed by atoms with van der Waals surface area (Å²) in [6, 6.07) is 21.9. The Morgan fingerprint density at radius 1 is 0.719 bits per heavy atom. The van der Waals surface area contributed by atoms with Crippen molar-refractivity contribution in [2.24, 2.45) is 11.8 Å². The smallest absolute Gasteiger partial charge is 0.0737 e. The number of piperidine rings is 1. The first-order valence-corrected chi connectivity index (χ1v) is 13.2. The van der Waals surface area contributed by atoms with Gasteiger partial charge >= 0.3 is 0 Å². The molecule has 176 valence electrons. The highest BCUT2D eigenvalue weighted by Crippen LogP contribution is 2.50. The molecule has 0 radical (unpaired) electrons. The SMILES string of the molecule is CCCCCCCCCC1(O)C(C)C(c2ccccc2)NC(c2ccccc2)C1CCC. The number of unbranched alkanes of at least 4 members (excludes halogenated alkanes) is 6. The van der Waals surface area contributed by atoms with Gasteiger partial charge in [-0.1, -0.05) is 133 Å². The zero-order valence-electron chi connectivity index (χ0n) is 20.6. The van der Waals surface area contributed by atoms with Gasteiger partial charge in [-0.2, -0.15) is 0 Å². The predicted molar refractivity (Wildman–Crippen MR) is 137 cm³/mol.